The molecule has 0 fully saturated rings. The summed E-state index contributed by atoms with van der Waals surface area (Å²) in [6, 6.07) is 17.8. The number of carbonyl (C=O) groups excluding carboxylic acids is 2. The maximum absolute atomic E-state index is 12.2. The van der Waals surface area contributed by atoms with Crippen molar-refractivity contribution < 1.29 is 14.7 Å². The normalized spacial score (nSPS) is 15.7. The van der Waals surface area contributed by atoms with Gasteiger partial charge in [-0.15, -0.1) is 0 Å². The lowest BCUT2D eigenvalue weighted by Gasteiger charge is -2.19. The van der Waals surface area contributed by atoms with Gasteiger partial charge in [0.15, 0.2) is 0 Å². The Morgan fingerprint density at radius 3 is 2.26 bits per heavy atom. The van der Waals surface area contributed by atoms with Crippen molar-refractivity contribution in [3.63, 3.8) is 0 Å². The molecule has 0 spiro atoms. The number of nitrogens with zero attached hydrogens (tertiary/aromatic N) is 1. The maximum atomic E-state index is 12.2. The fraction of sp³-hybridized carbons (Fsp3) is 0. The summed E-state index contributed by atoms with van der Waals surface area (Å²) in [5, 5.41) is 11.0. The predicted molar refractivity (Wildman–Crippen MR) is 85.9 cm³/mol. The first-order valence-electron chi connectivity index (χ1n) is 7.03. The zero-order chi connectivity index (χ0) is 16.2. The highest BCUT2D eigenvalue weighted by molar-refractivity contribution is 6.00. The fourth-order valence-electron chi connectivity index (χ4n) is 2.21. The van der Waals surface area contributed by atoms with E-state index in [1.54, 1.807) is 36.4 Å². The molecule has 5 heteroatoms. The van der Waals surface area contributed by atoms with Gasteiger partial charge < -0.3 is 5.11 Å². The van der Waals surface area contributed by atoms with Crippen LogP contribution >= 0.6 is 0 Å². The first-order chi connectivity index (χ1) is 11.1. The molecule has 0 atom stereocenters. The van der Waals surface area contributed by atoms with E-state index in [2.05, 4.69) is 5.43 Å². The lowest BCUT2D eigenvalue weighted by atomic mass is 10.2. The summed E-state index contributed by atoms with van der Waals surface area (Å²) in [4.78, 5) is 24.2. The van der Waals surface area contributed by atoms with Crippen LogP contribution in [-0.2, 0) is 4.79 Å². The summed E-state index contributed by atoms with van der Waals surface area (Å²) >= 11 is 0. The Bertz CT molecular complexity index is 796. The average Bonchev–Trinajstić information content (AvgIpc) is 2.83. The molecule has 2 amide bonds. The van der Waals surface area contributed by atoms with Gasteiger partial charge in [-0.3, -0.25) is 15.0 Å². The number of hydrogen-bond acceptors (Lipinski definition) is 3. The minimum atomic E-state index is -0.506. The molecule has 0 saturated carbocycles. The van der Waals surface area contributed by atoms with Gasteiger partial charge >= 0.3 is 0 Å². The molecule has 0 radical (unpaired) electrons. The lowest BCUT2D eigenvalue weighted by Crippen LogP contribution is -2.42. The molecule has 114 valence electrons. The van der Waals surface area contributed by atoms with Crippen LogP contribution in [0.4, 0.5) is 0 Å². The molecular formula is C18H14N2O3. The maximum Gasteiger partial charge on any atom is 0.273 e. The third-order valence-corrected chi connectivity index (χ3v) is 3.34. The van der Waals surface area contributed by atoms with Crippen LogP contribution in [0.5, 0.6) is 0 Å². The molecule has 0 saturated heterocycles. The van der Waals surface area contributed by atoms with Crippen LogP contribution in [0, 0.1) is 0 Å². The molecule has 1 heterocycles. The van der Waals surface area contributed by atoms with Crippen molar-refractivity contribution in [3.8, 4) is 0 Å². The Balaban J connectivity index is 1.87. The van der Waals surface area contributed by atoms with E-state index in [-0.39, 0.29) is 11.5 Å². The monoisotopic (exact) mass is 306 g/mol. The second-order valence-electron chi connectivity index (χ2n) is 4.95. The first-order valence-corrected chi connectivity index (χ1v) is 7.03. The van der Waals surface area contributed by atoms with E-state index in [1.165, 1.54) is 0 Å². The molecule has 1 aliphatic rings. The van der Waals surface area contributed by atoms with E-state index in [0.717, 1.165) is 16.6 Å². The van der Waals surface area contributed by atoms with Gasteiger partial charge in [0.05, 0.1) is 0 Å². The van der Waals surface area contributed by atoms with Crippen molar-refractivity contribution in [1.82, 2.24) is 10.4 Å². The fourth-order valence-corrected chi connectivity index (χ4v) is 2.21. The average molecular weight is 306 g/mol. The molecule has 1 aliphatic heterocycles. The highest BCUT2D eigenvalue weighted by Crippen LogP contribution is 2.22. The number of rotatable bonds is 3. The van der Waals surface area contributed by atoms with Crippen molar-refractivity contribution in [1.29, 1.82) is 0 Å². The SMILES string of the molecule is O=C(NN1C(=O)C=C(O)/C1=C\c1ccccc1)c1ccccc1. The number of hydrazine groups is 1. The molecule has 2 N–H and O–H groups in total. The van der Waals surface area contributed by atoms with E-state index in [4.69, 9.17) is 0 Å². The summed E-state index contributed by atoms with van der Waals surface area (Å²) in [7, 11) is 0. The summed E-state index contributed by atoms with van der Waals surface area (Å²) in [6.45, 7) is 0. The standard InChI is InChI=1S/C18H14N2O3/c21-16-12-17(22)20(15(16)11-13-7-3-1-4-8-13)19-18(23)14-9-5-2-6-10-14/h1-12,21H,(H,19,23)/b15-11+. The zero-order valence-corrected chi connectivity index (χ0v) is 12.1. The molecule has 0 unspecified atom stereocenters. The van der Waals surface area contributed by atoms with Crippen molar-refractivity contribution >= 4 is 17.9 Å². The third-order valence-electron chi connectivity index (χ3n) is 3.34. The number of nitrogens with one attached hydrogen (secondary N) is 1. The Labute approximate surface area is 133 Å². The summed E-state index contributed by atoms with van der Waals surface area (Å²) in [5.74, 6) is -1.12. The quantitative estimate of drug-likeness (QED) is 0.916. The second kappa shape index (κ2) is 6.19. The second-order valence-corrected chi connectivity index (χ2v) is 4.95. The summed E-state index contributed by atoms with van der Waals surface area (Å²) in [5.41, 5.74) is 3.96. The lowest BCUT2D eigenvalue weighted by molar-refractivity contribution is -0.125. The minimum Gasteiger partial charge on any atom is -0.505 e. The summed E-state index contributed by atoms with van der Waals surface area (Å²) in [6.07, 6.45) is 2.70. The van der Waals surface area contributed by atoms with Crippen LogP contribution < -0.4 is 5.43 Å². The number of aliphatic hydroxyl groups excluding tert-OH is 1. The van der Waals surface area contributed by atoms with Gasteiger partial charge in [-0.25, -0.2) is 5.01 Å². The van der Waals surface area contributed by atoms with Gasteiger partial charge in [0, 0.05) is 11.6 Å². The van der Waals surface area contributed by atoms with E-state index < -0.39 is 11.8 Å². The number of carbonyl (C=O) groups is 2. The number of aliphatic hydroxyl groups is 1. The largest absolute Gasteiger partial charge is 0.505 e. The van der Waals surface area contributed by atoms with E-state index in [9.17, 15) is 14.7 Å². The first kappa shape index (κ1) is 14.6. The predicted octanol–water partition coefficient (Wildman–Crippen LogP) is 2.66. The molecule has 23 heavy (non-hydrogen) atoms. The molecule has 2 aromatic carbocycles. The van der Waals surface area contributed by atoms with Gasteiger partial charge in [0.25, 0.3) is 11.8 Å². The van der Waals surface area contributed by atoms with E-state index in [0.29, 0.717) is 5.56 Å². The van der Waals surface area contributed by atoms with Gasteiger partial charge in [0.2, 0.25) is 0 Å². The van der Waals surface area contributed by atoms with Crippen LogP contribution in [0.2, 0.25) is 0 Å². The molecular weight excluding hydrogens is 292 g/mol. The highest BCUT2D eigenvalue weighted by Gasteiger charge is 2.29. The van der Waals surface area contributed by atoms with Gasteiger partial charge in [-0.2, -0.15) is 0 Å². The van der Waals surface area contributed by atoms with Crippen LogP contribution in [0.3, 0.4) is 0 Å². The van der Waals surface area contributed by atoms with Crippen molar-refractivity contribution in [3.05, 3.63) is 89.3 Å². The summed E-state index contributed by atoms with van der Waals surface area (Å²) < 4.78 is 0. The highest BCUT2D eigenvalue weighted by atomic mass is 16.3. The van der Waals surface area contributed by atoms with Crippen molar-refractivity contribution in [2.75, 3.05) is 0 Å². The van der Waals surface area contributed by atoms with E-state index in [1.807, 2.05) is 30.3 Å². The molecule has 3 rings (SSSR count). The zero-order valence-electron chi connectivity index (χ0n) is 12.1. The van der Waals surface area contributed by atoms with E-state index >= 15 is 0 Å². The molecule has 5 nitrogen and oxygen atoms in total. The Morgan fingerprint density at radius 2 is 1.61 bits per heavy atom. The van der Waals surface area contributed by atoms with Crippen LogP contribution in [0.15, 0.2) is 78.2 Å². The van der Waals surface area contributed by atoms with Crippen molar-refractivity contribution in [2.24, 2.45) is 0 Å². The minimum absolute atomic E-state index is 0.188. The van der Waals surface area contributed by atoms with Crippen molar-refractivity contribution in [2.45, 2.75) is 0 Å². The molecule has 0 aliphatic carbocycles. The number of amides is 2. The van der Waals surface area contributed by atoms with Crippen LogP contribution in [-0.4, -0.2) is 21.9 Å². The number of hydrogen-bond donors (Lipinski definition) is 2. The smallest absolute Gasteiger partial charge is 0.273 e. The Hall–Kier alpha value is -3.34. The Morgan fingerprint density at radius 1 is 1.00 bits per heavy atom. The van der Waals surface area contributed by atoms with Gasteiger partial charge in [0.1, 0.15) is 11.5 Å². The van der Waals surface area contributed by atoms with Crippen LogP contribution in [0.1, 0.15) is 15.9 Å². The molecule has 2 aromatic rings. The Kier molecular flexibility index (Phi) is 3.93. The number of benzene rings is 2. The molecule has 0 aromatic heterocycles. The topological polar surface area (TPSA) is 69.6 Å². The third kappa shape index (κ3) is 3.13. The molecule has 0 bridgehead atoms. The van der Waals surface area contributed by atoms with Gasteiger partial charge in [-0.1, -0.05) is 48.5 Å². The van der Waals surface area contributed by atoms with Crippen LogP contribution in [0.25, 0.3) is 6.08 Å². The van der Waals surface area contributed by atoms with Gasteiger partial charge in [-0.05, 0) is 23.8 Å².